The maximum absolute atomic E-state index is 13.6. The van der Waals surface area contributed by atoms with Crippen LogP contribution in [-0.4, -0.2) is 5.54 Å². The van der Waals surface area contributed by atoms with Gasteiger partial charge in [-0.3, -0.25) is 0 Å². The summed E-state index contributed by atoms with van der Waals surface area (Å²) in [6.07, 6.45) is 0. The van der Waals surface area contributed by atoms with Crippen molar-refractivity contribution in [1.29, 1.82) is 0 Å². The first-order valence-corrected chi connectivity index (χ1v) is 7.15. The third-order valence-electron chi connectivity index (χ3n) is 3.15. The Bertz CT molecular complexity index is 590. The van der Waals surface area contributed by atoms with Gasteiger partial charge in [-0.25, -0.2) is 4.39 Å². The highest BCUT2D eigenvalue weighted by Crippen LogP contribution is 2.18. The molecule has 0 heterocycles. The molecule has 2 nitrogen and oxygen atoms in total. The Morgan fingerprint density at radius 1 is 0.952 bits per heavy atom. The predicted molar refractivity (Wildman–Crippen MR) is 83.8 cm³/mol. The van der Waals surface area contributed by atoms with Crippen LogP contribution >= 0.6 is 0 Å². The van der Waals surface area contributed by atoms with E-state index in [1.165, 1.54) is 11.6 Å². The molecule has 2 aromatic carbocycles. The second-order valence-electron chi connectivity index (χ2n) is 6.09. The average Bonchev–Trinajstić information content (AvgIpc) is 2.44. The van der Waals surface area contributed by atoms with Crippen LogP contribution < -0.4 is 10.1 Å². The molecule has 0 spiro atoms. The Morgan fingerprint density at radius 3 is 2.24 bits per heavy atom. The van der Waals surface area contributed by atoms with E-state index >= 15 is 0 Å². The van der Waals surface area contributed by atoms with Crippen molar-refractivity contribution in [3.8, 4) is 5.75 Å². The summed E-state index contributed by atoms with van der Waals surface area (Å²) in [5.74, 6) is -0.0427. The van der Waals surface area contributed by atoms with E-state index in [4.69, 9.17) is 4.74 Å². The van der Waals surface area contributed by atoms with E-state index in [1.54, 1.807) is 18.2 Å². The molecule has 2 aromatic rings. The normalized spacial score (nSPS) is 11.4. The highest BCUT2D eigenvalue weighted by atomic mass is 19.1. The van der Waals surface area contributed by atoms with Crippen LogP contribution in [0.5, 0.6) is 5.75 Å². The zero-order chi connectivity index (χ0) is 15.3. The van der Waals surface area contributed by atoms with Gasteiger partial charge in [0.05, 0.1) is 0 Å². The molecule has 0 atom stereocenters. The first-order chi connectivity index (χ1) is 9.96. The van der Waals surface area contributed by atoms with Crippen molar-refractivity contribution in [2.75, 3.05) is 0 Å². The zero-order valence-corrected chi connectivity index (χ0v) is 12.8. The van der Waals surface area contributed by atoms with Crippen molar-refractivity contribution >= 4 is 0 Å². The number of hydrogen-bond donors (Lipinski definition) is 1. The molecule has 0 saturated carbocycles. The summed E-state index contributed by atoms with van der Waals surface area (Å²) in [6.45, 7) is 7.52. The first kappa shape index (κ1) is 15.5. The Kier molecular flexibility index (Phi) is 4.97. The number of benzene rings is 2. The van der Waals surface area contributed by atoms with E-state index in [0.717, 1.165) is 12.1 Å². The molecule has 1 N–H and O–H groups in total. The van der Waals surface area contributed by atoms with Gasteiger partial charge in [-0.05, 0) is 44.0 Å². The van der Waals surface area contributed by atoms with Gasteiger partial charge in [-0.2, -0.15) is 0 Å². The fourth-order valence-corrected chi connectivity index (χ4v) is 1.95. The molecule has 0 bridgehead atoms. The molecular formula is C18H22FNO. The molecule has 0 amide bonds. The molecule has 0 saturated heterocycles. The molecule has 3 heteroatoms. The SMILES string of the molecule is CC(C)(C)NCc1ccccc1COc1ccccc1F. The van der Waals surface area contributed by atoms with Crippen LogP contribution in [-0.2, 0) is 13.2 Å². The summed E-state index contributed by atoms with van der Waals surface area (Å²) in [6, 6.07) is 14.5. The highest BCUT2D eigenvalue weighted by molar-refractivity contribution is 5.28. The minimum absolute atomic E-state index is 0.0551. The molecule has 0 aliphatic rings. The van der Waals surface area contributed by atoms with Gasteiger partial charge < -0.3 is 10.1 Å². The highest BCUT2D eigenvalue weighted by Gasteiger charge is 2.11. The van der Waals surface area contributed by atoms with E-state index in [0.29, 0.717) is 6.61 Å². The van der Waals surface area contributed by atoms with Crippen LogP contribution in [0.25, 0.3) is 0 Å². The Balaban J connectivity index is 2.05. The van der Waals surface area contributed by atoms with Crippen molar-refractivity contribution in [3.63, 3.8) is 0 Å². The van der Waals surface area contributed by atoms with Gasteiger partial charge in [-0.15, -0.1) is 0 Å². The summed E-state index contributed by atoms with van der Waals surface area (Å²) in [4.78, 5) is 0. The zero-order valence-electron chi connectivity index (χ0n) is 12.8. The molecule has 2 rings (SSSR count). The largest absolute Gasteiger partial charge is 0.486 e. The topological polar surface area (TPSA) is 21.3 Å². The van der Waals surface area contributed by atoms with E-state index in [1.807, 2.05) is 18.2 Å². The number of nitrogens with one attached hydrogen (secondary N) is 1. The minimum Gasteiger partial charge on any atom is -0.486 e. The maximum atomic E-state index is 13.6. The summed E-state index contributed by atoms with van der Waals surface area (Å²) in [5, 5.41) is 3.46. The second kappa shape index (κ2) is 6.72. The average molecular weight is 287 g/mol. The lowest BCUT2D eigenvalue weighted by molar-refractivity contribution is 0.288. The molecule has 112 valence electrons. The van der Waals surface area contributed by atoms with Crippen LogP contribution in [0.15, 0.2) is 48.5 Å². The lowest BCUT2D eigenvalue weighted by Gasteiger charge is -2.21. The second-order valence-corrected chi connectivity index (χ2v) is 6.09. The maximum Gasteiger partial charge on any atom is 0.165 e. The van der Waals surface area contributed by atoms with E-state index in [2.05, 4.69) is 32.2 Å². The smallest absolute Gasteiger partial charge is 0.165 e. The van der Waals surface area contributed by atoms with Gasteiger partial charge in [0.15, 0.2) is 11.6 Å². The Morgan fingerprint density at radius 2 is 1.57 bits per heavy atom. The molecule has 0 aliphatic carbocycles. The van der Waals surface area contributed by atoms with Crippen LogP contribution in [0.4, 0.5) is 4.39 Å². The third kappa shape index (κ3) is 4.87. The van der Waals surface area contributed by atoms with Gasteiger partial charge in [0.2, 0.25) is 0 Å². The van der Waals surface area contributed by atoms with Crippen molar-refractivity contribution < 1.29 is 9.13 Å². The Hall–Kier alpha value is -1.87. The number of halogens is 1. The Labute approximate surface area is 126 Å². The number of hydrogen-bond acceptors (Lipinski definition) is 2. The summed E-state index contributed by atoms with van der Waals surface area (Å²) in [7, 11) is 0. The van der Waals surface area contributed by atoms with Gasteiger partial charge in [0.1, 0.15) is 6.61 Å². The summed E-state index contributed by atoms with van der Waals surface area (Å²) in [5.41, 5.74) is 2.29. The lowest BCUT2D eigenvalue weighted by atomic mass is 10.1. The van der Waals surface area contributed by atoms with Gasteiger partial charge in [0, 0.05) is 12.1 Å². The monoisotopic (exact) mass is 287 g/mol. The van der Waals surface area contributed by atoms with Crippen molar-refractivity contribution in [1.82, 2.24) is 5.32 Å². The number of para-hydroxylation sites is 1. The fraction of sp³-hybridized carbons (Fsp3) is 0.333. The lowest BCUT2D eigenvalue weighted by Crippen LogP contribution is -2.35. The molecule has 0 radical (unpaired) electrons. The first-order valence-electron chi connectivity index (χ1n) is 7.15. The van der Waals surface area contributed by atoms with E-state index in [-0.39, 0.29) is 17.1 Å². The molecular weight excluding hydrogens is 265 g/mol. The van der Waals surface area contributed by atoms with Crippen molar-refractivity contribution in [3.05, 3.63) is 65.5 Å². The third-order valence-corrected chi connectivity index (χ3v) is 3.15. The van der Waals surface area contributed by atoms with E-state index < -0.39 is 0 Å². The predicted octanol–water partition coefficient (Wildman–Crippen LogP) is 4.29. The van der Waals surface area contributed by atoms with Crippen LogP contribution in [0, 0.1) is 5.82 Å². The van der Waals surface area contributed by atoms with E-state index in [9.17, 15) is 4.39 Å². The van der Waals surface area contributed by atoms with Crippen LogP contribution in [0.2, 0.25) is 0 Å². The molecule has 0 fully saturated rings. The summed E-state index contributed by atoms with van der Waals surface area (Å²) >= 11 is 0. The van der Waals surface area contributed by atoms with Crippen molar-refractivity contribution in [2.45, 2.75) is 39.5 Å². The van der Waals surface area contributed by atoms with Gasteiger partial charge >= 0.3 is 0 Å². The van der Waals surface area contributed by atoms with Crippen LogP contribution in [0.1, 0.15) is 31.9 Å². The molecule has 0 unspecified atom stereocenters. The minimum atomic E-state index is -0.331. The van der Waals surface area contributed by atoms with Crippen LogP contribution in [0.3, 0.4) is 0 Å². The number of ether oxygens (including phenoxy) is 1. The molecule has 21 heavy (non-hydrogen) atoms. The summed E-state index contributed by atoms with van der Waals surface area (Å²) < 4.78 is 19.2. The van der Waals surface area contributed by atoms with Crippen molar-refractivity contribution in [2.24, 2.45) is 0 Å². The van der Waals surface area contributed by atoms with Gasteiger partial charge in [0.25, 0.3) is 0 Å². The molecule has 0 aliphatic heterocycles. The standard InChI is InChI=1S/C18H22FNO/c1-18(2,3)20-12-14-8-4-5-9-15(14)13-21-17-11-7-6-10-16(17)19/h4-11,20H,12-13H2,1-3H3. The fourth-order valence-electron chi connectivity index (χ4n) is 1.95. The molecule has 0 aromatic heterocycles. The quantitative estimate of drug-likeness (QED) is 0.885. The van der Waals surface area contributed by atoms with Gasteiger partial charge in [-0.1, -0.05) is 36.4 Å². The number of rotatable bonds is 5.